The Bertz CT molecular complexity index is 792. The van der Waals surface area contributed by atoms with Crippen LogP contribution in [0.3, 0.4) is 0 Å². The Balaban J connectivity index is 1.45. The molecule has 0 saturated carbocycles. The minimum Gasteiger partial charge on any atom is -0.497 e. The molecule has 2 saturated heterocycles. The summed E-state index contributed by atoms with van der Waals surface area (Å²) >= 11 is 0. The Morgan fingerprint density at radius 2 is 2.11 bits per heavy atom. The number of likely N-dealkylation sites (tertiary alicyclic amines) is 1. The monoisotopic (exact) mass is 372 g/mol. The van der Waals surface area contributed by atoms with Crippen molar-refractivity contribution in [2.24, 2.45) is 5.92 Å². The average molecular weight is 372 g/mol. The third-order valence-electron chi connectivity index (χ3n) is 5.62. The van der Waals surface area contributed by atoms with Gasteiger partial charge in [0.2, 0.25) is 0 Å². The van der Waals surface area contributed by atoms with Gasteiger partial charge in [-0.15, -0.1) is 5.10 Å². The van der Waals surface area contributed by atoms with Crippen LogP contribution in [0.25, 0.3) is 5.69 Å². The molecule has 4 rings (SSSR count). The third-order valence-corrected chi connectivity index (χ3v) is 5.62. The molecule has 2 aromatic rings. The van der Waals surface area contributed by atoms with Crippen molar-refractivity contribution in [2.75, 3.05) is 40.0 Å². The van der Waals surface area contributed by atoms with Gasteiger partial charge in [-0.3, -0.25) is 4.98 Å². The van der Waals surface area contributed by atoms with Crippen LogP contribution in [0.4, 0.5) is 0 Å². The lowest BCUT2D eigenvalue weighted by Crippen LogP contribution is -2.40. The van der Waals surface area contributed by atoms with E-state index in [1.165, 1.54) is 17.5 Å². The van der Waals surface area contributed by atoms with Crippen molar-refractivity contribution < 1.29 is 9.47 Å². The smallest absolute Gasteiger partial charge is 0.348 e. The summed E-state index contributed by atoms with van der Waals surface area (Å²) in [5, 5.41) is 4.60. The first-order valence-electron chi connectivity index (χ1n) is 9.86. The molecule has 2 atom stereocenters. The van der Waals surface area contributed by atoms with E-state index in [4.69, 9.17) is 9.47 Å². The second-order valence-electron chi connectivity index (χ2n) is 7.61. The molecule has 0 bridgehead atoms. The summed E-state index contributed by atoms with van der Waals surface area (Å²) in [7, 11) is 1.63. The lowest BCUT2D eigenvalue weighted by atomic mass is 9.95. The lowest BCUT2D eigenvalue weighted by Gasteiger charge is -2.35. The maximum atomic E-state index is 12.4. The highest BCUT2D eigenvalue weighted by Crippen LogP contribution is 2.26. The molecule has 7 heteroatoms. The van der Waals surface area contributed by atoms with Crippen molar-refractivity contribution in [1.82, 2.24) is 19.7 Å². The van der Waals surface area contributed by atoms with Crippen LogP contribution in [0, 0.1) is 5.92 Å². The maximum absolute atomic E-state index is 12.4. The number of methoxy groups -OCH3 is 1. The number of benzene rings is 1. The Morgan fingerprint density at radius 1 is 1.26 bits per heavy atom. The number of aromatic amines is 1. The van der Waals surface area contributed by atoms with Crippen LogP contribution in [0.15, 0.2) is 29.1 Å². The number of nitrogens with one attached hydrogen (secondary N) is 1. The van der Waals surface area contributed by atoms with E-state index in [9.17, 15) is 4.79 Å². The molecule has 146 valence electrons. The van der Waals surface area contributed by atoms with Crippen molar-refractivity contribution in [2.45, 2.75) is 31.6 Å². The van der Waals surface area contributed by atoms with E-state index in [0.717, 1.165) is 63.0 Å². The molecule has 2 fully saturated rings. The molecule has 1 unspecified atom stereocenters. The van der Waals surface area contributed by atoms with Gasteiger partial charge in [0.05, 0.1) is 19.4 Å². The van der Waals surface area contributed by atoms with Crippen LogP contribution < -0.4 is 10.4 Å². The van der Waals surface area contributed by atoms with Crippen LogP contribution in [0.2, 0.25) is 0 Å². The zero-order valence-electron chi connectivity index (χ0n) is 15.9. The Kier molecular flexibility index (Phi) is 5.59. The van der Waals surface area contributed by atoms with Gasteiger partial charge in [0.15, 0.2) is 0 Å². The van der Waals surface area contributed by atoms with Crippen LogP contribution in [0.5, 0.6) is 5.75 Å². The molecule has 2 aliphatic rings. The van der Waals surface area contributed by atoms with Crippen molar-refractivity contribution in [1.29, 1.82) is 0 Å². The summed E-state index contributed by atoms with van der Waals surface area (Å²) in [5.74, 6) is 2.46. The molecule has 0 aliphatic carbocycles. The summed E-state index contributed by atoms with van der Waals surface area (Å²) in [5.41, 5.74) is 0.559. The average Bonchev–Trinajstić information content (AvgIpc) is 3.11. The standard InChI is InChI=1S/C20H28N4O3/c1-26-18-8-6-17(7-9-18)24-20(25)21-19(22-24)16-5-2-10-23(13-16)12-15-4-3-11-27-14-15/h6-9,15-16H,2-5,10-14H2,1H3,(H,21,22,25)/t15?,16-/m0/s1. The molecule has 0 spiro atoms. The van der Waals surface area contributed by atoms with E-state index in [1.54, 1.807) is 7.11 Å². The number of ether oxygens (including phenoxy) is 2. The Hall–Kier alpha value is -2.12. The second-order valence-corrected chi connectivity index (χ2v) is 7.61. The minimum atomic E-state index is -0.187. The number of aromatic nitrogens is 3. The van der Waals surface area contributed by atoms with Crippen molar-refractivity contribution in [3.63, 3.8) is 0 Å². The van der Waals surface area contributed by atoms with Gasteiger partial charge in [0.25, 0.3) is 0 Å². The van der Waals surface area contributed by atoms with E-state index in [1.807, 2.05) is 24.3 Å². The van der Waals surface area contributed by atoms with E-state index in [0.29, 0.717) is 5.92 Å². The Morgan fingerprint density at radius 3 is 2.85 bits per heavy atom. The predicted molar refractivity (Wildman–Crippen MR) is 103 cm³/mol. The van der Waals surface area contributed by atoms with E-state index < -0.39 is 0 Å². The zero-order valence-corrected chi connectivity index (χ0v) is 15.9. The van der Waals surface area contributed by atoms with Gasteiger partial charge in [0, 0.05) is 25.6 Å². The van der Waals surface area contributed by atoms with Gasteiger partial charge >= 0.3 is 5.69 Å². The highest BCUT2D eigenvalue weighted by molar-refractivity contribution is 5.36. The first-order valence-corrected chi connectivity index (χ1v) is 9.86. The van der Waals surface area contributed by atoms with E-state index in [-0.39, 0.29) is 11.6 Å². The van der Waals surface area contributed by atoms with Crippen molar-refractivity contribution in [3.05, 3.63) is 40.6 Å². The number of hydrogen-bond acceptors (Lipinski definition) is 5. The second kappa shape index (κ2) is 8.27. The summed E-state index contributed by atoms with van der Waals surface area (Å²) in [4.78, 5) is 17.9. The van der Waals surface area contributed by atoms with Gasteiger partial charge in [-0.1, -0.05) is 0 Å². The SMILES string of the molecule is COc1ccc(-n2nc([C@H]3CCCN(CC4CCCOC4)C3)[nH]c2=O)cc1. The van der Waals surface area contributed by atoms with Gasteiger partial charge in [-0.25, -0.2) is 4.79 Å². The summed E-state index contributed by atoms with van der Waals surface area (Å²) in [6.45, 7) is 4.94. The fourth-order valence-corrected chi connectivity index (χ4v) is 4.18. The largest absolute Gasteiger partial charge is 0.497 e. The number of piperidine rings is 1. The third kappa shape index (κ3) is 4.25. The van der Waals surface area contributed by atoms with E-state index in [2.05, 4.69) is 15.0 Å². The van der Waals surface area contributed by atoms with Gasteiger partial charge in [-0.05, 0) is 62.4 Å². The van der Waals surface area contributed by atoms with Gasteiger partial charge in [0.1, 0.15) is 11.6 Å². The first-order chi connectivity index (χ1) is 13.2. The molecule has 2 aliphatic heterocycles. The van der Waals surface area contributed by atoms with Crippen molar-refractivity contribution >= 4 is 0 Å². The molecule has 1 aromatic heterocycles. The fraction of sp³-hybridized carbons (Fsp3) is 0.600. The summed E-state index contributed by atoms with van der Waals surface area (Å²) in [6.07, 6.45) is 4.62. The minimum absolute atomic E-state index is 0.187. The zero-order chi connectivity index (χ0) is 18.6. The maximum Gasteiger partial charge on any atom is 0.348 e. The molecule has 3 heterocycles. The fourth-order valence-electron chi connectivity index (χ4n) is 4.18. The van der Waals surface area contributed by atoms with Crippen molar-refractivity contribution in [3.8, 4) is 11.4 Å². The van der Waals surface area contributed by atoms with E-state index >= 15 is 0 Å². The predicted octanol–water partition coefficient (Wildman–Crippen LogP) is 2.18. The molecular weight excluding hydrogens is 344 g/mol. The summed E-state index contributed by atoms with van der Waals surface area (Å²) in [6, 6.07) is 7.37. The van der Waals surface area contributed by atoms with Crippen LogP contribution in [-0.2, 0) is 4.74 Å². The topological polar surface area (TPSA) is 72.4 Å². The molecule has 1 aromatic carbocycles. The highest BCUT2D eigenvalue weighted by atomic mass is 16.5. The van der Waals surface area contributed by atoms with Crippen LogP contribution >= 0.6 is 0 Å². The first kappa shape index (κ1) is 18.3. The number of rotatable bonds is 5. The van der Waals surface area contributed by atoms with Gasteiger partial charge < -0.3 is 14.4 Å². The number of hydrogen-bond donors (Lipinski definition) is 1. The van der Waals surface area contributed by atoms with Gasteiger partial charge in [-0.2, -0.15) is 4.68 Å². The summed E-state index contributed by atoms with van der Waals surface area (Å²) < 4.78 is 12.2. The Labute approximate surface area is 159 Å². The molecular formula is C20H28N4O3. The molecule has 27 heavy (non-hydrogen) atoms. The number of H-pyrrole nitrogens is 1. The normalized spacial score (nSPS) is 24.0. The molecule has 0 amide bonds. The van der Waals surface area contributed by atoms with Crippen LogP contribution in [-0.4, -0.2) is 59.6 Å². The molecule has 0 radical (unpaired) electrons. The van der Waals surface area contributed by atoms with Crippen LogP contribution in [0.1, 0.15) is 37.4 Å². The molecule has 1 N–H and O–H groups in total. The lowest BCUT2D eigenvalue weighted by molar-refractivity contribution is 0.0339. The number of nitrogens with zero attached hydrogens (tertiary/aromatic N) is 3. The highest BCUT2D eigenvalue weighted by Gasteiger charge is 2.27. The molecule has 7 nitrogen and oxygen atoms in total. The quantitative estimate of drug-likeness (QED) is 0.871.